The molecule has 2 aromatic rings. The van der Waals surface area contributed by atoms with Gasteiger partial charge >= 0.3 is 0 Å². The number of furan rings is 1. The number of hydrogen-bond acceptors (Lipinski definition) is 4. The number of sulfonamides is 1. The van der Waals surface area contributed by atoms with E-state index in [0.717, 1.165) is 0 Å². The first-order valence-corrected chi connectivity index (χ1v) is 9.75. The molecule has 0 saturated carbocycles. The second kappa shape index (κ2) is 7.41. The minimum atomic E-state index is -3.56. The zero-order valence-corrected chi connectivity index (χ0v) is 15.0. The molecule has 3 rings (SSSR count). The molecule has 1 aromatic heterocycles. The molecule has 0 aliphatic carbocycles. The standard InChI is InChI=1S/C18H22N2O4S/c1-19(14-16-8-6-12-24-16)18(21)15-7-5-11-20(13-15)25(22,23)17-9-3-2-4-10-17/h2-4,6,8-10,12,15H,5,7,11,13-14H2,1H3. The second-order valence-corrected chi connectivity index (χ2v) is 8.23. The van der Waals surface area contributed by atoms with Gasteiger partial charge in [0.05, 0.1) is 23.6 Å². The van der Waals surface area contributed by atoms with Gasteiger partial charge in [0, 0.05) is 20.1 Å². The number of nitrogens with zero attached hydrogens (tertiary/aromatic N) is 2. The van der Waals surface area contributed by atoms with Crippen LogP contribution in [0.15, 0.2) is 58.0 Å². The van der Waals surface area contributed by atoms with E-state index >= 15 is 0 Å². The maximum Gasteiger partial charge on any atom is 0.243 e. The molecule has 2 heterocycles. The minimum Gasteiger partial charge on any atom is -0.467 e. The van der Waals surface area contributed by atoms with E-state index in [1.165, 1.54) is 4.31 Å². The van der Waals surface area contributed by atoms with Crippen LogP contribution in [0.3, 0.4) is 0 Å². The molecule has 0 radical (unpaired) electrons. The number of piperidine rings is 1. The third-order valence-electron chi connectivity index (χ3n) is 4.46. The van der Waals surface area contributed by atoms with Gasteiger partial charge < -0.3 is 9.32 Å². The highest BCUT2D eigenvalue weighted by atomic mass is 32.2. The zero-order valence-electron chi connectivity index (χ0n) is 14.2. The molecule has 1 saturated heterocycles. The lowest BCUT2D eigenvalue weighted by Gasteiger charge is -2.33. The van der Waals surface area contributed by atoms with Gasteiger partial charge in [0.1, 0.15) is 5.76 Å². The molecule has 0 spiro atoms. The Morgan fingerprint density at radius 2 is 2.00 bits per heavy atom. The van der Waals surface area contributed by atoms with E-state index in [-0.39, 0.29) is 23.3 Å². The first-order chi connectivity index (χ1) is 12.0. The second-order valence-electron chi connectivity index (χ2n) is 6.29. The summed E-state index contributed by atoms with van der Waals surface area (Å²) in [7, 11) is -1.84. The van der Waals surface area contributed by atoms with Gasteiger partial charge in [-0.1, -0.05) is 18.2 Å². The molecule has 134 valence electrons. The molecule has 6 nitrogen and oxygen atoms in total. The van der Waals surface area contributed by atoms with Crippen LogP contribution in [0, 0.1) is 5.92 Å². The van der Waals surface area contributed by atoms with Gasteiger partial charge in [-0.2, -0.15) is 4.31 Å². The van der Waals surface area contributed by atoms with Crippen LogP contribution in [0.1, 0.15) is 18.6 Å². The number of carbonyl (C=O) groups is 1. The van der Waals surface area contributed by atoms with Gasteiger partial charge in [0.15, 0.2) is 0 Å². The van der Waals surface area contributed by atoms with Crippen molar-refractivity contribution in [1.82, 2.24) is 9.21 Å². The Balaban J connectivity index is 1.69. The predicted molar refractivity (Wildman–Crippen MR) is 93.1 cm³/mol. The molecule has 1 amide bonds. The Morgan fingerprint density at radius 3 is 2.68 bits per heavy atom. The van der Waals surface area contributed by atoms with Crippen molar-refractivity contribution in [2.45, 2.75) is 24.3 Å². The van der Waals surface area contributed by atoms with Crippen molar-refractivity contribution in [2.24, 2.45) is 5.92 Å². The van der Waals surface area contributed by atoms with Crippen LogP contribution in [-0.4, -0.2) is 43.7 Å². The molecule has 1 unspecified atom stereocenters. The van der Waals surface area contributed by atoms with Crippen molar-refractivity contribution in [3.8, 4) is 0 Å². The lowest BCUT2D eigenvalue weighted by Crippen LogP contribution is -2.45. The first kappa shape index (κ1) is 17.7. The van der Waals surface area contributed by atoms with Crippen molar-refractivity contribution in [3.63, 3.8) is 0 Å². The van der Waals surface area contributed by atoms with Crippen LogP contribution in [0.4, 0.5) is 0 Å². The maximum absolute atomic E-state index is 12.8. The van der Waals surface area contributed by atoms with Crippen molar-refractivity contribution < 1.29 is 17.6 Å². The fourth-order valence-electron chi connectivity index (χ4n) is 3.13. The molecule has 1 aliphatic heterocycles. The van der Waals surface area contributed by atoms with Crippen LogP contribution >= 0.6 is 0 Å². The third-order valence-corrected chi connectivity index (χ3v) is 6.34. The van der Waals surface area contributed by atoms with Crippen LogP contribution in [0.25, 0.3) is 0 Å². The Kier molecular flexibility index (Phi) is 5.24. The van der Waals surface area contributed by atoms with Crippen LogP contribution < -0.4 is 0 Å². The Bertz CT molecular complexity index is 803. The number of amides is 1. The molecule has 1 aromatic carbocycles. The Hall–Kier alpha value is -2.12. The van der Waals surface area contributed by atoms with Crippen molar-refractivity contribution in [1.29, 1.82) is 0 Å². The average molecular weight is 362 g/mol. The summed E-state index contributed by atoms with van der Waals surface area (Å²) < 4.78 is 32.2. The SMILES string of the molecule is CN(Cc1ccco1)C(=O)C1CCCN(S(=O)(=O)c2ccccc2)C1. The summed E-state index contributed by atoms with van der Waals surface area (Å²) in [4.78, 5) is 14.6. The quantitative estimate of drug-likeness (QED) is 0.818. The van der Waals surface area contributed by atoms with Crippen LogP contribution in [0.2, 0.25) is 0 Å². The smallest absolute Gasteiger partial charge is 0.243 e. The van der Waals surface area contributed by atoms with E-state index < -0.39 is 10.0 Å². The lowest BCUT2D eigenvalue weighted by atomic mass is 9.98. The molecule has 0 N–H and O–H groups in total. The number of hydrogen-bond donors (Lipinski definition) is 0. The zero-order chi connectivity index (χ0) is 17.9. The fourth-order valence-corrected chi connectivity index (χ4v) is 4.67. The van der Waals surface area contributed by atoms with Gasteiger partial charge in [0.25, 0.3) is 0 Å². The van der Waals surface area contributed by atoms with Gasteiger partial charge in [0.2, 0.25) is 15.9 Å². The van der Waals surface area contributed by atoms with Crippen LogP contribution in [0.5, 0.6) is 0 Å². The molecule has 1 fully saturated rings. The highest BCUT2D eigenvalue weighted by Gasteiger charge is 2.34. The number of rotatable bonds is 5. The van der Waals surface area contributed by atoms with Gasteiger partial charge in [-0.3, -0.25) is 4.79 Å². The highest BCUT2D eigenvalue weighted by molar-refractivity contribution is 7.89. The number of benzene rings is 1. The summed E-state index contributed by atoms with van der Waals surface area (Å²) in [6.07, 6.45) is 2.95. The molecule has 0 bridgehead atoms. The lowest BCUT2D eigenvalue weighted by molar-refractivity contribution is -0.136. The summed E-state index contributed by atoms with van der Waals surface area (Å²) in [5.74, 6) is 0.331. The summed E-state index contributed by atoms with van der Waals surface area (Å²) in [6, 6.07) is 12.0. The van der Waals surface area contributed by atoms with E-state index in [1.807, 2.05) is 6.07 Å². The van der Waals surface area contributed by atoms with E-state index in [1.54, 1.807) is 54.6 Å². The van der Waals surface area contributed by atoms with E-state index in [9.17, 15) is 13.2 Å². The Labute approximate surface area is 148 Å². The van der Waals surface area contributed by atoms with Crippen LogP contribution in [-0.2, 0) is 21.4 Å². The average Bonchev–Trinajstić information content (AvgIpc) is 3.15. The molecule has 1 aliphatic rings. The number of carbonyl (C=O) groups excluding carboxylic acids is 1. The summed E-state index contributed by atoms with van der Waals surface area (Å²) in [6.45, 7) is 1.05. The summed E-state index contributed by atoms with van der Waals surface area (Å²) in [5, 5.41) is 0. The highest BCUT2D eigenvalue weighted by Crippen LogP contribution is 2.25. The molecule has 7 heteroatoms. The third kappa shape index (κ3) is 3.93. The first-order valence-electron chi connectivity index (χ1n) is 8.31. The van der Waals surface area contributed by atoms with Gasteiger partial charge in [-0.05, 0) is 37.1 Å². The Morgan fingerprint density at radius 1 is 1.24 bits per heavy atom. The van der Waals surface area contributed by atoms with Crippen molar-refractivity contribution >= 4 is 15.9 Å². The molecular weight excluding hydrogens is 340 g/mol. The molecule has 25 heavy (non-hydrogen) atoms. The fraction of sp³-hybridized carbons (Fsp3) is 0.389. The largest absolute Gasteiger partial charge is 0.467 e. The monoisotopic (exact) mass is 362 g/mol. The van der Waals surface area contributed by atoms with E-state index in [4.69, 9.17) is 4.42 Å². The molecular formula is C18H22N2O4S. The normalized spacial score (nSPS) is 18.8. The summed E-state index contributed by atoms with van der Waals surface area (Å²) >= 11 is 0. The maximum atomic E-state index is 12.8. The summed E-state index contributed by atoms with van der Waals surface area (Å²) in [5.41, 5.74) is 0. The van der Waals surface area contributed by atoms with Crippen molar-refractivity contribution in [2.75, 3.05) is 20.1 Å². The molecule has 1 atom stereocenters. The predicted octanol–water partition coefficient (Wildman–Crippen LogP) is 2.34. The minimum absolute atomic E-state index is 0.0515. The van der Waals surface area contributed by atoms with Crippen molar-refractivity contribution in [3.05, 3.63) is 54.5 Å². The van der Waals surface area contributed by atoms with Gasteiger partial charge in [-0.25, -0.2) is 8.42 Å². The van der Waals surface area contributed by atoms with E-state index in [2.05, 4.69) is 0 Å². The van der Waals surface area contributed by atoms with E-state index in [0.29, 0.717) is 31.7 Å². The topological polar surface area (TPSA) is 70.8 Å². The van der Waals surface area contributed by atoms with Gasteiger partial charge in [-0.15, -0.1) is 0 Å².